The van der Waals surface area contributed by atoms with E-state index in [1.165, 1.54) is 5.56 Å². The zero-order chi connectivity index (χ0) is 15.7. The third kappa shape index (κ3) is 2.23. The Morgan fingerprint density at radius 1 is 1.32 bits per heavy atom. The standard InChI is InChI=1S/C17H19N3O2/c1-3-22-17(21)16-10(2)14-13(9-19-16)20-12-6-4-5-11(7-8-18)15(12)14/h4-6,9,20H,3,7-8,18H2,1-2H3. The van der Waals surface area contributed by atoms with Crippen LogP contribution >= 0.6 is 0 Å². The van der Waals surface area contributed by atoms with Crippen molar-refractivity contribution in [2.45, 2.75) is 20.3 Å². The lowest BCUT2D eigenvalue weighted by Gasteiger charge is -2.07. The van der Waals surface area contributed by atoms with Crippen LogP contribution in [0.25, 0.3) is 21.8 Å². The van der Waals surface area contributed by atoms with Crippen LogP contribution < -0.4 is 5.73 Å². The number of fused-ring (bicyclic) bond motifs is 3. The zero-order valence-electron chi connectivity index (χ0n) is 12.8. The van der Waals surface area contributed by atoms with Gasteiger partial charge in [0, 0.05) is 16.3 Å². The summed E-state index contributed by atoms with van der Waals surface area (Å²) in [5.74, 6) is -0.382. The van der Waals surface area contributed by atoms with Crippen molar-refractivity contribution >= 4 is 27.8 Å². The highest BCUT2D eigenvalue weighted by Gasteiger charge is 2.18. The molecule has 114 valence electrons. The van der Waals surface area contributed by atoms with Gasteiger partial charge in [0.05, 0.1) is 18.3 Å². The minimum absolute atomic E-state index is 0.338. The van der Waals surface area contributed by atoms with Crippen molar-refractivity contribution in [3.63, 3.8) is 0 Å². The van der Waals surface area contributed by atoms with Gasteiger partial charge in [0.25, 0.3) is 0 Å². The number of aryl methyl sites for hydroxylation is 1. The van der Waals surface area contributed by atoms with E-state index in [2.05, 4.69) is 16.0 Å². The molecule has 0 spiro atoms. The van der Waals surface area contributed by atoms with Gasteiger partial charge in [-0.2, -0.15) is 0 Å². The number of carbonyl (C=O) groups excluding carboxylic acids is 1. The SMILES string of the molecule is CCOC(=O)c1ncc2[nH]c3cccc(CCN)c3c2c1C. The van der Waals surface area contributed by atoms with Crippen LogP contribution in [0.5, 0.6) is 0 Å². The molecular weight excluding hydrogens is 278 g/mol. The lowest BCUT2D eigenvalue weighted by atomic mass is 10.0. The Morgan fingerprint density at radius 3 is 2.86 bits per heavy atom. The first-order chi connectivity index (χ1) is 10.7. The van der Waals surface area contributed by atoms with E-state index in [0.29, 0.717) is 18.8 Å². The molecule has 3 rings (SSSR count). The number of aromatic amines is 1. The smallest absolute Gasteiger partial charge is 0.357 e. The topological polar surface area (TPSA) is 81.0 Å². The number of H-pyrrole nitrogens is 1. The lowest BCUT2D eigenvalue weighted by Crippen LogP contribution is -2.09. The van der Waals surface area contributed by atoms with E-state index in [9.17, 15) is 4.79 Å². The summed E-state index contributed by atoms with van der Waals surface area (Å²) >= 11 is 0. The lowest BCUT2D eigenvalue weighted by molar-refractivity contribution is 0.0519. The van der Waals surface area contributed by atoms with Crippen molar-refractivity contribution in [2.24, 2.45) is 5.73 Å². The largest absolute Gasteiger partial charge is 0.461 e. The van der Waals surface area contributed by atoms with E-state index in [0.717, 1.165) is 33.8 Å². The average Bonchev–Trinajstić information content (AvgIpc) is 2.88. The molecule has 5 heteroatoms. The predicted molar refractivity (Wildman–Crippen MR) is 87.1 cm³/mol. The quantitative estimate of drug-likeness (QED) is 0.725. The van der Waals surface area contributed by atoms with Gasteiger partial charge in [-0.15, -0.1) is 0 Å². The number of rotatable bonds is 4. The van der Waals surface area contributed by atoms with Crippen LogP contribution in [0, 0.1) is 6.92 Å². The Balaban J connectivity index is 2.32. The molecule has 2 aromatic heterocycles. The first-order valence-electron chi connectivity index (χ1n) is 7.43. The van der Waals surface area contributed by atoms with Gasteiger partial charge in [0.1, 0.15) is 0 Å². The van der Waals surface area contributed by atoms with E-state index in [4.69, 9.17) is 10.5 Å². The molecule has 5 nitrogen and oxygen atoms in total. The second-order valence-electron chi connectivity index (χ2n) is 5.24. The molecule has 0 saturated carbocycles. The molecule has 2 heterocycles. The highest BCUT2D eigenvalue weighted by molar-refractivity contribution is 6.12. The summed E-state index contributed by atoms with van der Waals surface area (Å²) in [6.45, 7) is 4.62. The molecule has 3 N–H and O–H groups in total. The van der Waals surface area contributed by atoms with Crippen molar-refractivity contribution in [3.05, 3.63) is 41.2 Å². The fraction of sp³-hybridized carbons (Fsp3) is 0.294. The molecule has 0 saturated heterocycles. The maximum atomic E-state index is 12.1. The number of hydrogen-bond donors (Lipinski definition) is 2. The van der Waals surface area contributed by atoms with Crippen LogP contribution in [-0.4, -0.2) is 29.1 Å². The zero-order valence-corrected chi connectivity index (χ0v) is 12.8. The number of aromatic nitrogens is 2. The second-order valence-corrected chi connectivity index (χ2v) is 5.24. The molecule has 0 bridgehead atoms. The number of esters is 1. The van der Waals surface area contributed by atoms with E-state index < -0.39 is 0 Å². The Labute approximate surface area is 128 Å². The number of pyridine rings is 1. The molecule has 0 amide bonds. The highest BCUT2D eigenvalue weighted by atomic mass is 16.5. The van der Waals surface area contributed by atoms with Gasteiger partial charge in [-0.3, -0.25) is 0 Å². The van der Waals surface area contributed by atoms with Gasteiger partial charge in [0.2, 0.25) is 0 Å². The third-order valence-corrected chi connectivity index (χ3v) is 3.87. The van der Waals surface area contributed by atoms with Crippen LogP contribution in [-0.2, 0) is 11.2 Å². The van der Waals surface area contributed by atoms with Crippen LogP contribution in [0.2, 0.25) is 0 Å². The summed E-state index contributed by atoms with van der Waals surface area (Å²) in [5.41, 5.74) is 10.1. The van der Waals surface area contributed by atoms with Crippen molar-refractivity contribution < 1.29 is 9.53 Å². The van der Waals surface area contributed by atoms with Crippen LogP contribution in [0.3, 0.4) is 0 Å². The van der Waals surface area contributed by atoms with Gasteiger partial charge < -0.3 is 15.5 Å². The molecule has 0 aliphatic heterocycles. The molecular formula is C17H19N3O2. The fourth-order valence-electron chi connectivity index (χ4n) is 2.94. The highest BCUT2D eigenvalue weighted by Crippen LogP contribution is 2.31. The number of nitrogens with one attached hydrogen (secondary N) is 1. The maximum Gasteiger partial charge on any atom is 0.357 e. The first kappa shape index (κ1) is 14.5. The summed E-state index contributed by atoms with van der Waals surface area (Å²) in [6.07, 6.45) is 2.49. The number of nitrogens with zero attached hydrogens (tertiary/aromatic N) is 1. The van der Waals surface area contributed by atoms with E-state index >= 15 is 0 Å². The Morgan fingerprint density at radius 2 is 2.14 bits per heavy atom. The van der Waals surface area contributed by atoms with E-state index in [-0.39, 0.29) is 5.97 Å². The molecule has 0 aliphatic carbocycles. The molecule has 22 heavy (non-hydrogen) atoms. The fourth-order valence-corrected chi connectivity index (χ4v) is 2.94. The number of carbonyl (C=O) groups is 1. The molecule has 0 fully saturated rings. The van der Waals surface area contributed by atoms with Crippen molar-refractivity contribution in [1.29, 1.82) is 0 Å². The van der Waals surface area contributed by atoms with Gasteiger partial charge in [0.15, 0.2) is 5.69 Å². The minimum Gasteiger partial charge on any atom is -0.461 e. The summed E-state index contributed by atoms with van der Waals surface area (Å²) in [6, 6.07) is 6.11. The van der Waals surface area contributed by atoms with Crippen molar-refractivity contribution in [2.75, 3.05) is 13.2 Å². The average molecular weight is 297 g/mol. The summed E-state index contributed by atoms with van der Waals surface area (Å²) in [5, 5.41) is 2.14. The van der Waals surface area contributed by atoms with Gasteiger partial charge >= 0.3 is 5.97 Å². The normalized spacial score (nSPS) is 11.2. The number of hydrogen-bond acceptors (Lipinski definition) is 4. The minimum atomic E-state index is -0.382. The van der Waals surface area contributed by atoms with Crippen LogP contribution in [0.1, 0.15) is 28.5 Å². The third-order valence-electron chi connectivity index (χ3n) is 3.87. The van der Waals surface area contributed by atoms with Crippen LogP contribution in [0.15, 0.2) is 24.4 Å². The van der Waals surface area contributed by atoms with Crippen LogP contribution in [0.4, 0.5) is 0 Å². The maximum absolute atomic E-state index is 12.1. The molecule has 0 radical (unpaired) electrons. The Kier molecular flexibility index (Phi) is 3.81. The second kappa shape index (κ2) is 5.77. The van der Waals surface area contributed by atoms with Gasteiger partial charge in [-0.25, -0.2) is 9.78 Å². The molecule has 0 atom stereocenters. The Hall–Kier alpha value is -2.40. The monoisotopic (exact) mass is 297 g/mol. The number of ether oxygens (including phenoxy) is 1. The number of benzene rings is 1. The summed E-state index contributed by atoms with van der Waals surface area (Å²) in [4.78, 5) is 19.7. The van der Waals surface area contributed by atoms with Crippen molar-refractivity contribution in [1.82, 2.24) is 9.97 Å². The van der Waals surface area contributed by atoms with E-state index in [1.807, 2.05) is 19.1 Å². The van der Waals surface area contributed by atoms with Gasteiger partial charge in [-0.05, 0) is 44.0 Å². The summed E-state index contributed by atoms with van der Waals surface area (Å²) in [7, 11) is 0. The molecule has 3 aromatic rings. The predicted octanol–water partition coefficient (Wildman–Crippen LogP) is 2.70. The summed E-state index contributed by atoms with van der Waals surface area (Å²) < 4.78 is 5.09. The molecule has 0 unspecified atom stereocenters. The molecule has 1 aromatic carbocycles. The van der Waals surface area contributed by atoms with E-state index in [1.54, 1.807) is 13.1 Å². The molecule has 0 aliphatic rings. The number of nitrogens with two attached hydrogens (primary N) is 1. The van der Waals surface area contributed by atoms with Gasteiger partial charge in [-0.1, -0.05) is 12.1 Å². The Bertz CT molecular complexity index is 852. The first-order valence-corrected chi connectivity index (χ1v) is 7.43. The van der Waals surface area contributed by atoms with Crippen molar-refractivity contribution in [3.8, 4) is 0 Å².